The van der Waals surface area contributed by atoms with Crippen LogP contribution in [-0.2, 0) is 0 Å². The monoisotopic (exact) mass is 375 g/mol. The van der Waals surface area contributed by atoms with Gasteiger partial charge in [-0.25, -0.2) is 0 Å². The molecule has 2 amide bonds. The van der Waals surface area contributed by atoms with Gasteiger partial charge in [0.15, 0.2) is 0 Å². The number of nitrogens with zero attached hydrogens (tertiary/aromatic N) is 2. The maximum Gasteiger partial charge on any atom is 0.270 e. The summed E-state index contributed by atoms with van der Waals surface area (Å²) in [5, 5.41) is 13.4. The number of amides is 2. The van der Waals surface area contributed by atoms with Gasteiger partial charge in [-0.05, 0) is 32.0 Å². The molecule has 0 saturated heterocycles. The summed E-state index contributed by atoms with van der Waals surface area (Å²) >= 11 is 5.99. The molecule has 0 radical (unpaired) electrons. The van der Waals surface area contributed by atoms with E-state index in [1.165, 1.54) is 12.1 Å². The molecule has 0 unspecified atom stereocenters. The van der Waals surface area contributed by atoms with E-state index < -0.39 is 10.8 Å². The molecule has 0 heterocycles. The fraction of sp³-hybridized carbons (Fsp3) is 0.222. The lowest BCUT2D eigenvalue weighted by Gasteiger charge is -2.20. The normalized spacial score (nSPS) is 10.3. The first kappa shape index (κ1) is 19.4. The average Bonchev–Trinajstić information content (AvgIpc) is 2.62. The van der Waals surface area contributed by atoms with Crippen molar-refractivity contribution in [2.45, 2.75) is 13.8 Å². The van der Waals surface area contributed by atoms with E-state index in [1.807, 2.05) is 13.8 Å². The quantitative estimate of drug-likeness (QED) is 0.610. The third-order valence-electron chi connectivity index (χ3n) is 3.86. The van der Waals surface area contributed by atoms with Crippen LogP contribution >= 0.6 is 11.6 Å². The lowest BCUT2D eigenvalue weighted by atomic mass is 10.1. The predicted octanol–water partition coefficient (Wildman–Crippen LogP) is 3.98. The molecule has 1 N–H and O–H groups in total. The Balaban J connectivity index is 2.30. The highest BCUT2D eigenvalue weighted by Crippen LogP contribution is 2.24. The molecule has 0 saturated carbocycles. The Kier molecular flexibility index (Phi) is 6.30. The summed E-state index contributed by atoms with van der Waals surface area (Å²) in [6.07, 6.45) is 0. The first-order valence-electron chi connectivity index (χ1n) is 8.02. The van der Waals surface area contributed by atoms with Crippen LogP contribution in [0.1, 0.15) is 34.6 Å². The number of carbonyl (C=O) groups excluding carboxylic acids is 2. The van der Waals surface area contributed by atoms with Crippen molar-refractivity contribution in [1.29, 1.82) is 0 Å². The van der Waals surface area contributed by atoms with Crippen LogP contribution in [0.2, 0.25) is 5.02 Å². The van der Waals surface area contributed by atoms with Crippen molar-refractivity contribution >= 4 is 34.8 Å². The van der Waals surface area contributed by atoms with Gasteiger partial charge in [-0.3, -0.25) is 19.7 Å². The number of non-ortho nitro benzene ring substituents is 1. The summed E-state index contributed by atoms with van der Waals surface area (Å²) in [7, 11) is 0. The number of carbonyl (C=O) groups is 2. The van der Waals surface area contributed by atoms with E-state index in [0.717, 1.165) is 6.07 Å². The van der Waals surface area contributed by atoms with Crippen LogP contribution in [0.4, 0.5) is 11.4 Å². The zero-order valence-corrected chi connectivity index (χ0v) is 15.1. The van der Waals surface area contributed by atoms with Crippen LogP contribution in [0.5, 0.6) is 0 Å². The number of nitrogens with one attached hydrogen (secondary N) is 1. The van der Waals surface area contributed by atoms with Crippen molar-refractivity contribution in [3.05, 3.63) is 68.7 Å². The molecule has 0 aliphatic rings. The molecular formula is C18H18ClN3O4. The lowest BCUT2D eigenvalue weighted by molar-refractivity contribution is -0.384. The number of para-hydroxylation sites is 1. The van der Waals surface area contributed by atoms with Gasteiger partial charge >= 0.3 is 0 Å². The van der Waals surface area contributed by atoms with Gasteiger partial charge < -0.3 is 10.2 Å². The molecule has 0 aliphatic carbocycles. The van der Waals surface area contributed by atoms with Crippen LogP contribution in [0, 0.1) is 10.1 Å². The van der Waals surface area contributed by atoms with E-state index in [4.69, 9.17) is 11.6 Å². The third kappa shape index (κ3) is 4.18. The van der Waals surface area contributed by atoms with Crippen molar-refractivity contribution in [2.75, 3.05) is 18.4 Å². The molecule has 8 heteroatoms. The van der Waals surface area contributed by atoms with Gasteiger partial charge in [0.25, 0.3) is 17.5 Å². The highest BCUT2D eigenvalue weighted by Gasteiger charge is 2.20. The Morgan fingerprint density at radius 2 is 1.77 bits per heavy atom. The number of nitro groups is 1. The Morgan fingerprint density at radius 1 is 1.12 bits per heavy atom. The fourth-order valence-electron chi connectivity index (χ4n) is 2.45. The largest absolute Gasteiger partial charge is 0.339 e. The standard InChI is InChI=1S/C18H18ClN3O4/c1-3-21(4-2)18(24)14-7-5-6-8-16(14)20-17(23)13-10-9-12(22(25)26)11-15(13)19/h5-11H,3-4H2,1-2H3,(H,20,23). The smallest absolute Gasteiger partial charge is 0.270 e. The molecule has 7 nitrogen and oxygen atoms in total. The molecule has 0 bridgehead atoms. The summed E-state index contributed by atoms with van der Waals surface area (Å²) in [6.45, 7) is 4.84. The van der Waals surface area contributed by atoms with Crippen molar-refractivity contribution in [1.82, 2.24) is 4.90 Å². The summed E-state index contributed by atoms with van der Waals surface area (Å²) in [6, 6.07) is 10.3. The van der Waals surface area contributed by atoms with Gasteiger partial charge in [0, 0.05) is 25.2 Å². The summed E-state index contributed by atoms with van der Waals surface area (Å²) in [5.74, 6) is -0.745. The SMILES string of the molecule is CCN(CC)C(=O)c1ccccc1NC(=O)c1ccc([N+](=O)[O-])cc1Cl. The minimum absolute atomic E-state index is 0.0377. The van der Waals surface area contributed by atoms with E-state index in [1.54, 1.807) is 29.2 Å². The van der Waals surface area contributed by atoms with E-state index in [2.05, 4.69) is 5.32 Å². The first-order valence-corrected chi connectivity index (χ1v) is 8.40. The highest BCUT2D eigenvalue weighted by atomic mass is 35.5. The van der Waals surface area contributed by atoms with E-state index in [-0.39, 0.29) is 22.2 Å². The third-order valence-corrected chi connectivity index (χ3v) is 4.18. The topological polar surface area (TPSA) is 92.6 Å². The summed E-state index contributed by atoms with van der Waals surface area (Å²) < 4.78 is 0. The second-order valence-corrected chi connectivity index (χ2v) is 5.81. The summed E-state index contributed by atoms with van der Waals surface area (Å²) in [4.78, 5) is 36.9. The van der Waals surface area contributed by atoms with Gasteiger partial charge in [0.1, 0.15) is 0 Å². The van der Waals surface area contributed by atoms with Gasteiger partial charge in [-0.15, -0.1) is 0 Å². The Labute approximate surface area is 155 Å². The Bertz CT molecular complexity index is 850. The van der Waals surface area contributed by atoms with Crippen LogP contribution in [0.15, 0.2) is 42.5 Å². The maximum absolute atomic E-state index is 12.6. The zero-order chi connectivity index (χ0) is 19.3. The van der Waals surface area contributed by atoms with E-state index in [0.29, 0.717) is 24.3 Å². The molecule has 2 rings (SSSR count). The molecule has 0 spiro atoms. The van der Waals surface area contributed by atoms with Crippen LogP contribution in [-0.4, -0.2) is 34.7 Å². The number of rotatable bonds is 6. The van der Waals surface area contributed by atoms with Gasteiger partial charge in [0.2, 0.25) is 0 Å². The van der Waals surface area contributed by atoms with Crippen LogP contribution < -0.4 is 5.32 Å². The molecule has 136 valence electrons. The zero-order valence-electron chi connectivity index (χ0n) is 14.4. The van der Waals surface area contributed by atoms with E-state index >= 15 is 0 Å². The molecule has 0 aliphatic heterocycles. The van der Waals surface area contributed by atoms with Crippen molar-refractivity contribution in [3.63, 3.8) is 0 Å². The van der Waals surface area contributed by atoms with Crippen LogP contribution in [0.25, 0.3) is 0 Å². The second-order valence-electron chi connectivity index (χ2n) is 5.40. The van der Waals surface area contributed by atoms with Crippen molar-refractivity contribution in [3.8, 4) is 0 Å². The maximum atomic E-state index is 12.6. The first-order chi connectivity index (χ1) is 12.4. The lowest BCUT2D eigenvalue weighted by Crippen LogP contribution is -2.31. The number of hydrogen-bond acceptors (Lipinski definition) is 4. The molecule has 2 aromatic rings. The number of hydrogen-bond donors (Lipinski definition) is 1. The minimum Gasteiger partial charge on any atom is -0.339 e. The second kappa shape index (κ2) is 8.44. The number of benzene rings is 2. The molecule has 0 aromatic heterocycles. The van der Waals surface area contributed by atoms with E-state index in [9.17, 15) is 19.7 Å². The van der Waals surface area contributed by atoms with Crippen LogP contribution in [0.3, 0.4) is 0 Å². The molecular weight excluding hydrogens is 358 g/mol. The molecule has 0 atom stereocenters. The molecule has 2 aromatic carbocycles. The van der Waals surface area contributed by atoms with Gasteiger partial charge in [-0.2, -0.15) is 0 Å². The predicted molar refractivity (Wildman–Crippen MR) is 99.8 cm³/mol. The minimum atomic E-state index is -0.592. The Hall–Kier alpha value is -2.93. The fourth-order valence-corrected chi connectivity index (χ4v) is 2.71. The average molecular weight is 376 g/mol. The van der Waals surface area contributed by atoms with Crippen molar-refractivity contribution < 1.29 is 14.5 Å². The molecule has 26 heavy (non-hydrogen) atoms. The number of anilines is 1. The van der Waals surface area contributed by atoms with Gasteiger partial charge in [0.05, 0.1) is 26.8 Å². The van der Waals surface area contributed by atoms with Crippen molar-refractivity contribution in [2.24, 2.45) is 0 Å². The van der Waals surface area contributed by atoms with Gasteiger partial charge in [-0.1, -0.05) is 23.7 Å². The summed E-state index contributed by atoms with van der Waals surface area (Å²) in [5.41, 5.74) is 0.595. The highest BCUT2D eigenvalue weighted by molar-refractivity contribution is 6.34. The number of halogens is 1. The number of nitro benzene ring substituents is 1. The Morgan fingerprint density at radius 3 is 2.35 bits per heavy atom. The molecule has 0 fully saturated rings.